The van der Waals surface area contributed by atoms with E-state index in [-0.39, 0.29) is 0 Å². The highest BCUT2D eigenvalue weighted by Crippen LogP contribution is 2.58. The van der Waals surface area contributed by atoms with E-state index in [9.17, 15) is 0 Å². The third-order valence-electron chi connectivity index (χ3n) is 3.45. The Labute approximate surface area is 96.4 Å². The fourth-order valence-corrected chi connectivity index (χ4v) is 4.89. The Balaban J connectivity index is 3.03. The van der Waals surface area contributed by atoms with E-state index in [0.717, 1.165) is 5.25 Å². The van der Waals surface area contributed by atoms with E-state index in [4.69, 9.17) is 0 Å². The molecule has 1 unspecified atom stereocenters. The molecule has 1 heteroatoms. The summed E-state index contributed by atoms with van der Waals surface area (Å²) in [4.78, 5) is 1.52. The summed E-state index contributed by atoms with van der Waals surface area (Å²) >= 11 is 0. The van der Waals surface area contributed by atoms with Gasteiger partial charge >= 0.3 is 0 Å². The standard InChI is InChI=1S/C14H24S/c1-12(14(2,3)4)15(5,6)13-10-8-7-9-11-13/h7-12H,1-6H3. The molecule has 0 aliphatic heterocycles. The van der Waals surface area contributed by atoms with Crippen LogP contribution in [0.25, 0.3) is 0 Å². The summed E-state index contributed by atoms with van der Waals surface area (Å²) in [5.41, 5.74) is 0.384. The van der Waals surface area contributed by atoms with Gasteiger partial charge in [-0.05, 0) is 28.1 Å². The van der Waals surface area contributed by atoms with Crippen LogP contribution in [0.3, 0.4) is 0 Å². The Bertz CT molecular complexity index is 306. The third kappa shape index (κ3) is 2.78. The highest BCUT2D eigenvalue weighted by molar-refractivity contribution is 8.33. The molecule has 86 valence electrons. The summed E-state index contributed by atoms with van der Waals surface area (Å²) < 4.78 is 0. The highest BCUT2D eigenvalue weighted by Gasteiger charge is 2.31. The van der Waals surface area contributed by atoms with Crippen molar-refractivity contribution in [3.63, 3.8) is 0 Å². The molecule has 0 fully saturated rings. The van der Waals surface area contributed by atoms with Crippen LogP contribution in [0.1, 0.15) is 27.7 Å². The van der Waals surface area contributed by atoms with Gasteiger partial charge in [0.1, 0.15) is 0 Å². The van der Waals surface area contributed by atoms with Crippen molar-refractivity contribution in [1.29, 1.82) is 0 Å². The molecule has 1 aromatic rings. The molecule has 0 amide bonds. The second kappa shape index (κ2) is 4.21. The van der Waals surface area contributed by atoms with Crippen LogP contribution in [0.4, 0.5) is 0 Å². The number of hydrogen-bond acceptors (Lipinski definition) is 0. The molecular formula is C14H24S. The van der Waals surface area contributed by atoms with Gasteiger partial charge in [0.25, 0.3) is 0 Å². The second-order valence-electron chi connectivity index (χ2n) is 5.73. The normalized spacial score (nSPS) is 16.1. The van der Waals surface area contributed by atoms with E-state index in [1.807, 2.05) is 0 Å². The summed E-state index contributed by atoms with van der Waals surface area (Å²) in [6.07, 6.45) is 4.86. The van der Waals surface area contributed by atoms with Crippen molar-refractivity contribution < 1.29 is 0 Å². The van der Waals surface area contributed by atoms with E-state index in [2.05, 4.69) is 70.5 Å². The zero-order valence-corrected chi connectivity index (χ0v) is 11.7. The van der Waals surface area contributed by atoms with Crippen molar-refractivity contribution in [2.45, 2.75) is 37.8 Å². The van der Waals surface area contributed by atoms with Crippen LogP contribution in [0.15, 0.2) is 35.2 Å². The van der Waals surface area contributed by atoms with E-state index < -0.39 is 10.0 Å². The highest BCUT2D eigenvalue weighted by atomic mass is 32.3. The van der Waals surface area contributed by atoms with Gasteiger partial charge in [0.05, 0.1) is 0 Å². The van der Waals surface area contributed by atoms with Crippen LogP contribution in [0, 0.1) is 5.41 Å². The largest absolute Gasteiger partial charge is 0.217 e. The quantitative estimate of drug-likeness (QED) is 0.691. The van der Waals surface area contributed by atoms with Gasteiger partial charge in [0.15, 0.2) is 0 Å². The Morgan fingerprint density at radius 2 is 1.47 bits per heavy atom. The summed E-state index contributed by atoms with van der Waals surface area (Å²) in [6.45, 7) is 9.42. The van der Waals surface area contributed by atoms with Crippen LogP contribution in [-0.2, 0) is 0 Å². The Morgan fingerprint density at radius 3 is 1.87 bits per heavy atom. The Kier molecular flexibility index (Phi) is 3.55. The molecule has 0 aromatic heterocycles. The molecule has 15 heavy (non-hydrogen) atoms. The number of hydrogen-bond donors (Lipinski definition) is 0. The summed E-state index contributed by atoms with van der Waals surface area (Å²) in [7, 11) is -0.697. The first-order chi connectivity index (χ1) is 6.76. The molecule has 0 saturated carbocycles. The minimum atomic E-state index is -0.697. The molecule has 0 aliphatic carbocycles. The minimum absolute atomic E-state index is 0.384. The first-order valence-electron chi connectivity index (χ1n) is 5.53. The molecule has 0 bridgehead atoms. The van der Waals surface area contributed by atoms with Crippen LogP contribution in [-0.4, -0.2) is 17.8 Å². The van der Waals surface area contributed by atoms with Crippen molar-refractivity contribution in [2.75, 3.05) is 12.5 Å². The molecule has 0 saturated heterocycles. The molecule has 0 nitrogen and oxygen atoms in total. The van der Waals surface area contributed by atoms with Crippen LogP contribution < -0.4 is 0 Å². The molecule has 0 heterocycles. The van der Waals surface area contributed by atoms with E-state index in [1.54, 1.807) is 0 Å². The average Bonchev–Trinajstić information content (AvgIpc) is 2.16. The third-order valence-corrected chi connectivity index (χ3v) is 7.42. The maximum atomic E-state index is 2.43. The lowest BCUT2D eigenvalue weighted by atomic mass is 9.93. The molecule has 0 radical (unpaired) electrons. The fourth-order valence-electron chi connectivity index (χ4n) is 1.86. The SMILES string of the molecule is CC(C(C)(C)C)S(C)(C)c1ccccc1. The molecule has 1 aromatic carbocycles. The smallest absolute Gasteiger partial charge is 0.00582 e. The van der Waals surface area contributed by atoms with Gasteiger partial charge in [0.2, 0.25) is 0 Å². The summed E-state index contributed by atoms with van der Waals surface area (Å²) in [5.74, 6) is 0. The Morgan fingerprint density at radius 1 is 1.00 bits per heavy atom. The van der Waals surface area contributed by atoms with Gasteiger partial charge in [-0.1, -0.05) is 58.0 Å². The number of rotatable bonds is 2. The first-order valence-corrected chi connectivity index (χ1v) is 8.05. The zero-order valence-electron chi connectivity index (χ0n) is 10.9. The average molecular weight is 224 g/mol. The van der Waals surface area contributed by atoms with Gasteiger partial charge in [-0.3, -0.25) is 0 Å². The maximum absolute atomic E-state index is 2.43. The first kappa shape index (κ1) is 12.6. The van der Waals surface area contributed by atoms with Crippen molar-refractivity contribution in [2.24, 2.45) is 5.41 Å². The lowest BCUT2D eigenvalue weighted by molar-refractivity contribution is 0.407. The summed E-state index contributed by atoms with van der Waals surface area (Å²) in [5, 5.41) is 0.729. The van der Waals surface area contributed by atoms with E-state index >= 15 is 0 Å². The van der Waals surface area contributed by atoms with Gasteiger partial charge in [-0.2, -0.15) is 0 Å². The Hall–Kier alpha value is -0.430. The molecule has 0 N–H and O–H groups in total. The van der Waals surface area contributed by atoms with Crippen LogP contribution in [0.5, 0.6) is 0 Å². The molecule has 0 aliphatic rings. The topological polar surface area (TPSA) is 0 Å². The molecule has 0 spiro atoms. The second-order valence-corrected chi connectivity index (χ2v) is 9.72. The summed E-state index contributed by atoms with van der Waals surface area (Å²) in [6, 6.07) is 11.0. The number of benzene rings is 1. The molecular weight excluding hydrogens is 200 g/mol. The van der Waals surface area contributed by atoms with E-state index in [0.29, 0.717) is 5.41 Å². The molecule has 1 rings (SSSR count). The van der Waals surface area contributed by atoms with Gasteiger partial charge < -0.3 is 0 Å². The lowest BCUT2D eigenvalue weighted by Gasteiger charge is -2.45. The van der Waals surface area contributed by atoms with Gasteiger partial charge in [0, 0.05) is 0 Å². The van der Waals surface area contributed by atoms with Gasteiger partial charge in [-0.15, -0.1) is 0 Å². The van der Waals surface area contributed by atoms with Crippen molar-refractivity contribution in [1.82, 2.24) is 0 Å². The van der Waals surface area contributed by atoms with Crippen LogP contribution in [0.2, 0.25) is 0 Å². The van der Waals surface area contributed by atoms with Crippen molar-refractivity contribution in [3.05, 3.63) is 30.3 Å². The minimum Gasteiger partial charge on any atom is -0.217 e. The predicted octanol–water partition coefficient (Wildman–Crippen LogP) is 4.54. The maximum Gasteiger partial charge on any atom is -0.00582 e. The lowest BCUT2D eigenvalue weighted by Crippen LogP contribution is -2.28. The van der Waals surface area contributed by atoms with Crippen molar-refractivity contribution >= 4 is 10.0 Å². The monoisotopic (exact) mass is 224 g/mol. The predicted molar refractivity (Wildman–Crippen MR) is 73.1 cm³/mol. The van der Waals surface area contributed by atoms with E-state index in [1.165, 1.54) is 4.90 Å². The zero-order chi connectivity index (χ0) is 11.7. The van der Waals surface area contributed by atoms with Crippen molar-refractivity contribution in [3.8, 4) is 0 Å². The van der Waals surface area contributed by atoms with Crippen LogP contribution >= 0.6 is 10.0 Å². The van der Waals surface area contributed by atoms with Gasteiger partial charge in [-0.25, -0.2) is 10.0 Å². The fraction of sp³-hybridized carbons (Fsp3) is 0.571. The molecule has 1 atom stereocenters.